The molecule has 1 rings (SSSR count). The van der Waals surface area contributed by atoms with Crippen LogP contribution in [0.15, 0.2) is 21.1 Å². The summed E-state index contributed by atoms with van der Waals surface area (Å²) in [5.41, 5.74) is 6.56. The van der Waals surface area contributed by atoms with Crippen molar-refractivity contribution >= 4 is 44.3 Å². The van der Waals surface area contributed by atoms with E-state index in [1.807, 2.05) is 12.1 Å². The molecule has 0 radical (unpaired) electrons. The van der Waals surface area contributed by atoms with Crippen LogP contribution in [0.1, 0.15) is 5.56 Å². The Bertz CT molecular complexity index is 294. The molecule has 0 heterocycles. The van der Waals surface area contributed by atoms with Crippen LogP contribution in [0.2, 0.25) is 0 Å². The molecule has 13 heavy (non-hydrogen) atoms. The third-order valence-corrected chi connectivity index (χ3v) is 3.05. The number of rotatable bonds is 2. The molecular weight excluding hydrogens is 321 g/mol. The Morgan fingerprint density at radius 3 is 2.46 bits per heavy atom. The van der Waals surface area contributed by atoms with E-state index >= 15 is 0 Å². The highest BCUT2D eigenvalue weighted by molar-refractivity contribution is 9.11. The number of nitrogens with two attached hydrogens (primary N) is 1. The molecule has 5 heteroatoms. The molecule has 0 aromatic heterocycles. The van der Waals surface area contributed by atoms with E-state index < -0.39 is 0 Å². The number of methoxy groups -OCH3 is 1. The van der Waals surface area contributed by atoms with E-state index in [-0.39, 0.29) is 12.4 Å². The minimum absolute atomic E-state index is 0. The number of halogens is 3. The van der Waals surface area contributed by atoms with Gasteiger partial charge in [0.1, 0.15) is 5.75 Å². The van der Waals surface area contributed by atoms with Gasteiger partial charge in [-0.3, -0.25) is 0 Å². The fourth-order valence-electron chi connectivity index (χ4n) is 0.918. The topological polar surface area (TPSA) is 35.2 Å². The average Bonchev–Trinajstić information content (AvgIpc) is 2.06. The summed E-state index contributed by atoms with van der Waals surface area (Å²) >= 11 is 6.79. The fourth-order valence-corrected chi connectivity index (χ4v) is 2.35. The van der Waals surface area contributed by atoms with Crippen LogP contribution < -0.4 is 10.5 Å². The third-order valence-electron chi connectivity index (χ3n) is 1.55. The van der Waals surface area contributed by atoms with Gasteiger partial charge in [0, 0.05) is 6.54 Å². The quantitative estimate of drug-likeness (QED) is 0.904. The summed E-state index contributed by atoms with van der Waals surface area (Å²) in [5.74, 6) is 0.790. The first kappa shape index (κ1) is 13.2. The van der Waals surface area contributed by atoms with Gasteiger partial charge < -0.3 is 10.5 Å². The second-order valence-corrected chi connectivity index (χ2v) is 3.91. The van der Waals surface area contributed by atoms with Crippen LogP contribution in [0.3, 0.4) is 0 Å². The molecule has 0 spiro atoms. The van der Waals surface area contributed by atoms with Gasteiger partial charge in [0.2, 0.25) is 0 Å². The first-order chi connectivity index (χ1) is 5.70. The summed E-state index contributed by atoms with van der Waals surface area (Å²) < 4.78 is 7.01. The fraction of sp³-hybridized carbons (Fsp3) is 0.250. The molecule has 2 N–H and O–H groups in total. The summed E-state index contributed by atoms with van der Waals surface area (Å²) in [6, 6.07) is 3.88. The summed E-state index contributed by atoms with van der Waals surface area (Å²) in [7, 11) is 1.63. The molecule has 0 bridgehead atoms. The molecule has 0 aliphatic heterocycles. The minimum atomic E-state index is 0. The van der Waals surface area contributed by atoms with E-state index in [4.69, 9.17) is 10.5 Å². The summed E-state index contributed by atoms with van der Waals surface area (Å²) in [4.78, 5) is 0. The predicted molar refractivity (Wildman–Crippen MR) is 63.5 cm³/mol. The van der Waals surface area contributed by atoms with Crippen LogP contribution in [-0.2, 0) is 6.54 Å². The standard InChI is InChI=1S/C8H9Br2NO.ClH/c1-12-8-6(9)3-2-5(4-11)7(8)10;/h2-3H,4,11H2,1H3;1H. The Morgan fingerprint density at radius 2 is 2.00 bits per heavy atom. The normalized spacial score (nSPS) is 9.23. The zero-order valence-electron chi connectivity index (χ0n) is 7.01. The first-order valence-electron chi connectivity index (χ1n) is 3.41. The van der Waals surface area contributed by atoms with Gasteiger partial charge in [0.15, 0.2) is 0 Å². The van der Waals surface area contributed by atoms with Crippen LogP contribution >= 0.6 is 44.3 Å². The zero-order chi connectivity index (χ0) is 9.14. The second kappa shape index (κ2) is 5.86. The number of benzene rings is 1. The Hall–Kier alpha value is 0.230. The van der Waals surface area contributed by atoms with Gasteiger partial charge in [-0.05, 0) is 43.5 Å². The molecule has 0 saturated heterocycles. The van der Waals surface area contributed by atoms with Gasteiger partial charge in [0.05, 0.1) is 16.1 Å². The Balaban J connectivity index is 0.00000144. The molecule has 1 aromatic rings. The Labute approximate surface area is 101 Å². The van der Waals surface area contributed by atoms with Crippen molar-refractivity contribution in [1.29, 1.82) is 0 Å². The van der Waals surface area contributed by atoms with Crippen molar-refractivity contribution in [3.05, 3.63) is 26.6 Å². The van der Waals surface area contributed by atoms with Gasteiger partial charge in [-0.2, -0.15) is 0 Å². The van der Waals surface area contributed by atoms with Crippen LogP contribution in [0, 0.1) is 0 Å². The first-order valence-corrected chi connectivity index (χ1v) is 5.00. The Morgan fingerprint density at radius 1 is 1.38 bits per heavy atom. The van der Waals surface area contributed by atoms with E-state index in [1.54, 1.807) is 7.11 Å². The van der Waals surface area contributed by atoms with Gasteiger partial charge in [-0.15, -0.1) is 12.4 Å². The van der Waals surface area contributed by atoms with Crippen molar-refractivity contribution in [3.63, 3.8) is 0 Å². The van der Waals surface area contributed by atoms with E-state index in [0.717, 1.165) is 20.3 Å². The van der Waals surface area contributed by atoms with Crippen molar-refractivity contribution in [2.24, 2.45) is 5.73 Å². The van der Waals surface area contributed by atoms with Crippen molar-refractivity contribution in [1.82, 2.24) is 0 Å². The van der Waals surface area contributed by atoms with Gasteiger partial charge >= 0.3 is 0 Å². The molecule has 0 saturated carbocycles. The van der Waals surface area contributed by atoms with Crippen LogP contribution in [-0.4, -0.2) is 7.11 Å². The molecular formula is C8H10Br2ClNO. The van der Waals surface area contributed by atoms with E-state index in [9.17, 15) is 0 Å². The molecule has 0 unspecified atom stereocenters. The lowest BCUT2D eigenvalue weighted by molar-refractivity contribution is 0.409. The summed E-state index contributed by atoms with van der Waals surface area (Å²) in [6.45, 7) is 0.504. The van der Waals surface area contributed by atoms with Gasteiger partial charge in [-0.1, -0.05) is 6.07 Å². The van der Waals surface area contributed by atoms with Crippen molar-refractivity contribution in [2.75, 3.05) is 7.11 Å². The average molecular weight is 331 g/mol. The van der Waals surface area contributed by atoms with Crippen LogP contribution in [0.4, 0.5) is 0 Å². The predicted octanol–water partition coefficient (Wildman–Crippen LogP) is 3.10. The number of hydrogen-bond donors (Lipinski definition) is 1. The maximum Gasteiger partial charge on any atom is 0.147 e. The summed E-state index contributed by atoms with van der Waals surface area (Å²) in [6.07, 6.45) is 0. The highest BCUT2D eigenvalue weighted by atomic mass is 79.9. The second-order valence-electron chi connectivity index (χ2n) is 2.26. The van der Waals surface area contributed by atoms with E-state index in [0.29, 0.717) is 6.54 Å². The van der Waals surface area contributed by atoms with Crippen molar-refractivity contribution in [2.45, 2.75) is 6.54 Å². The molecule has 0 atom stereocenters. The lowest BCUT2D eigenvalue weighted by atomic mass is 10.2. The van der Waals surface area contributed by atoms with E-state index in [1.165, 1.54) is 0 Å². The van der Waals surface area contributed by atoms with Gasteiger partial charge in [-0.25, -0.2) is 0 Å². The van der Waals surface area contributed by atoms with E-state index in [2.05, 4.69) is 31.9 Å². The highest BCUT2D eigenvalue weighted by Gasteiger charge is 2.08. The number of ether oxygens (including phenoxy) is 1. The molecule has 1 aromatic carbocycles. The molecule has 0 aliphatic carbocycles. The van der Waals surface area contributed by atoms with Crippen molar-refractivity contribution in [3.8, 4) is 5.75 Å². The lowest BCUT2D eigenvalue weighted by Gasteiger charge is -2.08. The lowest BCUT2D eigenvalue weighted by Crippen LogP contribution is -1.99. The largest absolute Gasteiger partial charge is 0.494 e. The Kier molecular flexibility index (Phi) is 5.96. The third kappa shape index (κ3) is 2.84. The van der Waals surface area contributed by atoms with Crippen LogP contribution in [0.25, 0.3) is 0 Å². The smallest absolute Gasteiger partial charge is 0.147 e. The van der Waals surface area contributed by atoms with Crippen molar-refractivity contribution < 1.29 is 4.74 Å². The molecule has 0 fully saturated rings. The zero-order valence-corrected chi connectivity index (χ0v) is 11.0. The molecule has 0 aliphatic rings. The van der Waals surface area contributed by atoms with Gasteiger partial charge in [0.25, 0.3) is 0 Å². The minimum Gasteiger partial charge on any atom is -0.494 e. The SMILES string of the molecule is COc1c(Br)ccc(CN)c1Br.Cl. The molecule has 0 amide bonds. The maximum atomic E-state index is 5.52. The highest BCUT2D eigenvalue weighted by Crippen LogP contribution is 2.35. The maximum absolute atomic E-state index is 5.52. The molecule has 74 valence electrons. The van der Waals surface area contributed by atoms with Crippen LogP contribution in [0.5, 0.6) is 5.75 Å². The molecule has 2 nitrogen and oxygen atoms in total. The summed E-state index contributed by atoms with van der Waals surface area (Å²) in [5, 5.41) is 0. The monoisotopic (exact) mass is 329 g/mol. The number of hydrogen-bond acceptors (Lipinski definition) is 2.